The standard InChI is InChI=1S/C13H22N4S/c1-4-13(2)7-10-18-12(16-13)14-8-5-11-6-9-15-17(11)3/h6,9H,4-5,7-8,10H2,1-3H3,(H,14,16). The first kappa shape index (κ1) is 13.5. The van der Waals surface area contributed by atoms with Gasteiger partial charge in [-0.1, -0.05) is 18.7 Å². The van der Waals surface area contributed by atoms with E-state index in [2.05, 4.69) is 35.3 Å². The van der Waals surface area contributed by atoms with Gasteiger partial charge in [-0.15, -0.1) is 0 Å². The summed E-state index contributed by atoms with van der Waals surface area (Å²) in [5, 5.41) is 8.83. The Balaban J connectivity index is 1.88. The van der Waals surface area contributed by atoms with Crippen LogP contribution in [-0.2, 0) is 13.5 Å². The molecule has 0 radical (unpaired) electrons. The van der Waals surface area contributed by atoms with Gasteiger partial charge in [0.1, 0.15) is 0 Å². The number of hydrogen-bond donors (Lipinski definition) is 1. The summed E-state index contributed by atoms with van der Waals surface area (Å²) in [5.41, 5.74) is 1.47. The lowest BCUT2D eigenvalue weighted by molar-refractivity contribution is 0.390. The van der Waals surface area contributed by atoms with Gasteiger partial charge in [0.05, 0.1) is 0 Å². The Kier molecular flexibility index (Phi) is 4.32. The van der Waals surface area contributed by atoms with E-state index in [0.717, 1.165) is 24.6 Å². The van der Waals surface area contributed by atoms with Gasteiger partial charge in [-0.25, -0.2) is 0 Å². The van der Waals surface area contributed by atoms with Crippen molar-refractivity contribution in [3.05, 3.63) is 18.0 Å². The summed E-state index contributed by atoms with van der Waals surface area (Å²) < 4.78 is 1.91. The second kappa shape index (κ2) is 5.78. The van der Waals surface area contributed by atoms with E-state index >= 15 is 0 Å². The Morgan fingerprint density at radius 3 is 3.11 bits per heavy atom. The minimum absolute atomic E-state index is 0.233. The topological polar surface area (TPSA) is 42.2 Å². The highest BCUT2D eigenvalue weighted by Crippen LogP contribution is 2.24. The molecule has 1 aromatic rings. The van der Waals surface area contributed by atoms with Gasteiger partial charge in [-0.3, -0.25) is 9.67 Å². The number of rotatable bonds is 4. The van der Waals surface area contributed by atoms with E-state index in [9.17, 15) is 0 Å². The predicted molar refractivity (Wildman–Crippen MR) is 78.1 cm³/mol. The Morgan fingerprint density at radius 2 is 2.44 bits per heavy atom. The van der Waals surface area contributed by atoms with Crippen molar-refractivity contribution in [3.8, 4) is 0 Å². The van der Waals surface area contributed by atoms with Crippen molar-refractivity contribution in [1.82, 2.24) is 15.1 Å². The SMILES string of the molecule is CCC1(C)CCSC(=NCCc2ccnn2C)N1. The van der Waals surface area contributed by atoms with E-state index in [1.165, 1.54) is 17.9 Å². The summed E-state index contributed by atoms with van der Waals surface area (Å²) in [5.74, 6) is 1.17. The first-order chi connectivity index (χ1) is 8.63. The van der Waals surface area contributed by atoms with Crippen LogP contribution in [-0.4, -0.2) is 32.8 Å². The van der Waals surface area contributed by atoms with Gasteiger partial charge in [0, 0.05) is 43.2 Å². The largest absolute Gasteiger partial charge is 0.360 e. The highest BCUT2D eigenvalue weighted by Gasteiger charge is 2.27. The molecule has 5 heteroatoms. The maximum Gasteiger partial charge on any atom is 0.156 e. The highest BCUT2D eigenvalue weighted by atomic mass is 32.2. The molecule has 100 valence electrons. The van der Waals surface area contributed by atoms with Gasteiger partial charge in [0.25, 0.3) is 0 Å². The van der Waals surface area contributed by atoms with Crippen LogP contribution in [0.4, 0.5) is 0 Å². The summed E-state index contributed by atoms with van der Waals surface area (Å²) in [6, 6.07) is 2.05. The van der Waals surface area contributed by atoms with Crippen LogP contribution in [0.5, 0.6) is 0 Å². The number of aromatic nitrogens is 2. The van der Waals surface area contributed by atoms with Gasteiger partial charge in [-0.2, -0.15) is 5.10 Å². The summed E-state index contributed by atoms with van der Waals surface area (Å²) >= 11 is 1.84. The molecule has 0 aromatic carbocycles. The second-order valence-corrected chi connectivity index (χ2v) is 6.10. The first-order valence-corrected chi connectivity index (χ1v) is 7.54. The minimum Gasteiger partial charge on any atom is -0.360 e. The molecule has 0 amide bonds. The smallest absolute Gasteiger partial charge is 0.156 e. The van der Waals surface area contributed by atoms with Crippen LogP contribution in [0.15, 0.2) is 17.3 Å². The van der Waals surface area contributed by atoms with Gasteiger partial charge in [-0.05, 0) is 25.8 Å². The fraction of sp³-hybridized carbons (Fsp3) is 0.692. The minimum atomic E-state index is 0.233. The first-order valence-electron chi connectivity index (χ1n) is 6.55. The van der Waals surface area contributed by atoms with E-state index in [1.807, 2.05) is 29.7 Å². The van der Waals surface area contributed by atoms with Gasteiger partial charge in [0.15, 0.2) is 5.17 Å². The lowest BCUT2D eigenvalue weighted by Crippen LogP contribution is -2.48. The number of nitrogens with one attached hydrogen (secondary N) is 1. The molecule has 1 fully saturated rings. The molecule has 0 spiro atoms. The van der Waals surface area contributed by atoms with Crippen LogP contribution in [0, 0.1) is 0 Å². The number of amidine groups is 1. The fourth-order valence-corrected chi connectivity index (χ4v) is 3.25. The Labute approximate surface area is 113 Å². The zero-order chi connectivity index (χ0) is 13.0. The monoisotopic (exact) mass is 266 g/mol. The van der Waals surface area contributed by atoms with Crippen LogP contribution < -0.4 is 5.32 Å². The molecular formula is C13H22N4S. The number of hydrogen-bond acceptors (Lipinski definition) is 3. The number of nitrogens with zero attached hydrogens (tertiary/aromatic N) is 3. The molecule has 1 atom stereocenters. The van der Waals surface area contributed by atoms with Crippen LogP contribution in [0.25, 0.3) is 0 Å². The molecule has 1 unspecified atom stereocenters. The normalized spacial score (nSPS) is 26.3. The number of aliphatic imine (C=N–C) groups is 1. The number of aryl methyl sites for hydroxylation is 1. The van der Waals surface area contributed by atoms with E-state index in [4.69, 9.17) is 0 Å². The molecule has 1 aliphatic heterocycles. The Hall–Kier alpha value is -0.970. The van der Waals surface area contributed by atoms with Gasteiger partial charge in [0.2, 0.25) is 0 Å². The molecule has 1 N–H and O–H groups in total. The van der Waals surface area contributed by atoms with E-state index in [-0.39, 0.29) is 5.54 Å². The Bertz CT molecular complexity index is 426. The Morgan fingerprint density at radius 1 is 1.61 bits per heavy atom. The molecule has 1 aliphatic rings. The maximum atomic E-state index is 4.67. The van der Waals surface area contributed by atoms with Crippen LogP contribution in [0.1, 0.15) is 32.4 Å². The number of thioether (sulfide) groups is 1. The molecule has 0 saturated carbocycles. The molecule has 2 heterocycles. The van der Waals surface area contributed by atoms with Crippen molar-refractivity contribution in [2.45, 2.75) is 38.6 Å². The molecule has 0 aliphatic carbocycles. The molecule has 0 bridgehead atoms. The average Bonchev–Trinajstić information content (AvgIpc) is 2.76. The van der Waals surface area contributed by atoms with Crippen LogP contribution in [0.3, 0.4) is 0 Å². The van der Waals surface area contributed by atoms with Crippen LogP contribution >= 0.6 is 11.8 Å². The van der Waals surface area contributed by atoms with Crippen molar-refractivity contribution in [2.75, 3.05) is 12.3 Å². The average molecular weight is 266 g/mol. The van der Waals surface area contributed by atoms with E-state index in [0.29, 0.717) is 0 Å². The highest BCUT2D eigenvalue weighted by molar-refractivity contribution is 8.13. The zero-order valence-corrected chi connectivity index (χ0v) is 12.3. The quantitative estimate of drug-likeness (QED) is 0.908. The van der Waals surface area contributed by atoms with Crippen molar-refractivity contribution < 1.29 is 0 Å². The molecule has 4 nitrogen and oxygen atoms in total. The van der Waals surface area contributed by atoms with E-state index in [1.54, 1.807) is 0 Å². The molecular weight excluding hydrogens is 244 g/mol. The predicted octanol–water partition coefficient (Wildman–Crippen LogP) is 2.21. The maximum absolute atomic E-state index is 4.67. The summed E-state index contributed by atoms with van der Waals surface area (Å²) in [7, 11) is 1.98. The van der Waals surface area contributed by atoms with Crippen molar-refractivity contribution >= 4 is 16.9 Å². The van der Waals surface area contributed by atoms with Crippen molar-refractivity contribution in [2.24, 2.45) is 12.0 Å². The molecule has 18 heavy (non-hydrogen) atoms. The summed E-state index contributed by atoms with van der Waals surface area (Å²) in [4.78, 5) is 4.67. The lowest BCUT2D eigenvalue weighted by atomic mass is 9.96. The molecule has 1 saturated heterocycles. The fourth-order valence-electron chi connectivity index (χ4n) is 2.00. The molecule has 2 rings (SSSR count). The summed E-state index contributed by atoms with van der Waals surface area (Å²) in [6.07, 6.45) is 5.15. The van der Waals surface area contributed by atoms with E-state index < -0.39 is 0 Å². The van der Waals surface area contributed by atoms with Crippen molar-refractivity contribution in [3.63, 3.8) is 0 Å². The third-order valence-electron chi connectivity index (χ3n) is 3.63. The second-order valence-electron chi connectivity index (χ2n) is 5.02. The zero-order valence-electron chi connectivity index (χ0n) is 11.4. The van der Waals surface area contributed by atoms with Crippen molar-refractivity contribution in [1.29, 1.82) is 0 Å². The summed E-state index contributed by atoms with van der Waals surface area (Å²) in [6.45, 7) is 5.34. The lowest BCUT2D eigenvalue weighted by Gasteiger charge is -2.35. The third-order valence-corrected chi connectivity index (χ3v) is 4.54. The van der Waals surface area contributed by atoms with Gasteiger partial charge < -0.3 is 5.32 Å². The van der Waals surface area contributed by atoms with Gasteiger partial charge >= 0.3 is 0 Å². The molecule has 1 aromatic heterocycles. The third kappa shape index (κ3) is 3.28. The van der Waals surface area contributed by atoms with Crippen LogP contribution in [0.2, 0.25) is 0 Å².